The van der Waals surface area contributed by atoms with Crippen LogP contribution in [0.1, 0.15) is 44.7 Å². The highest BCUT2D eigenvalue weighted by Crippen LogP contribution is 2.46. The molecular formula is C15H23N. The molecule has 1 aromatic rings. The highest BCUT2D eigenvalue weighted by molar-refractivity contribution is 5.65. The quantitative estimate of drug-likeness (QED) is 0.803. The third-order valence-electron chi connectivity index (χ3n) is 4.19. The Hall–Kier alpha value is -0.980. The molecule has 1 aliphatic rings. The highest BCUT2D eigenvalue weighted by Gasteiger charge is 2.40. The number of hydrogen-bond donors (Lipinski definition) is 1. The van der Waals surface area contributed by atoms with Crippen molar-refractivity contribution in [1.29, 1.82) is 0 Å². The Balaban J connectivity index is 2.50. The fraction of sp³-hybridized carbons (Fsp3) is 0.600. The Bertz CT molecular complexity index is 381. The summed E-state index contributed by atoms with van der Waals surface area (Å²) >= 11 is 0. The zero-order chi connectivity index (χ0) is 11.8. The van der Waals surface area contributed by atoms with Crippen molar-refractivity contribution in [3.8, 4) is 0 Å². The monoisotopic (exact) mass is 217 g/mol. The first kappa shape index (κ1) is 11.5. The number of anilines is 1. The lowest BCUT2D eigenvalue weighted by Crippen LogP contribution is -2.34. The summed E-state index contributed by atoms with van der Waals surface area (Å²) in [7, 11) is 0. The molecule has 16 heavy (non-hydrogen) atoms. The van der Waals surface area contributed by atoms with Gasteiger partial charge in [0.05, 0.1) is 0 Å². The number of fused-ring (bicyclic) bond motifs is 1. The molecular weight excluding hydrogens is 194 g/mol. The Morgan fingerprint density at radius 2 is 2.12 bits per heavy atom. The van der Waals surface area contributed by atoms with Gasteiger partial charge in [-0.05, 0) is 30.4 Å². The predicted molar refractivity (Wildman–Crippen MR) is 71.1 cm³/mol. The molecule has 0 bridgehead atoms. The van der Waals surface area contributed by atoms with Crippen LogP contribution in [0.3, 0.4) is 0 Å². The van der Waals surface area contributed by atoms with E-state index in [9.17, 15) is 0 Å². The zero-order valence-electron chi connectivity index (χ0n) is 10.9. The van der Waals surface area contributed by atoms with Crippen LogP contribution >= 0.6 is 0 Å². The van der Waals surface area contributed by atoms with E-state index in [-0.39, 0.29) is 0 Å². The van der Waals surface area contributed by atoms with E-state index in [0.29, 0.717) is 11.3 Å². The van der Waals surface area contributed by atoms with Gasteiger partial charge in [-0.3, -0.25) is 0 Å². The lowest BCUT2D eigenvalue weighted by molar-refractivity contribution is 0.311. The Kier molecular flexibility index (Phi) is 2.96. The smallest absolute Gasteiger partial charge is 0.0409 e. The minimum absolute atomic E-state index is 0.357. The molecule has 0 aliphatic carbocycles. The molecule has 1 heteroatoms. The molecule has 0 fully saturated rings. The van der Waals surface area contributed by atoms with Crippen LogP contribution in [0.25, 0.3) is 0 Å². The summed E-state index contributed by atoms with van der Waals surface area (Å²) in [4.78, 5) is 0. The highest BCUT2D eigenvalue weighted by atomic mass is 14.9. The fourth-order valence-electron chi connectivity index (χ4n) is 3.13. The van der Waals surface area contributed by atoms with Crippen LogP contribution in [0, 0.1) is 12.8 Å². The molecule has 1 atom stereocenters. The third kappa shape index (κ3) is 1.53. The number of para-hydroxylation sites is 1. The largest absolute Gasteiger partial charge is 0.384 e. The summed E-state index contributed by atoms with van der Waals surface area (Å²) in [5, 5.41) is 3.63. The van der Waals surface area contributed by atoms with Gasteiger partial charge in [0.15, 0.2) is 0 Å². The van der Waals surface area contributed by atoms with E-state index in [1.165, 1.54) is 24.1 Å². The van der Waals surface area contributed by atoms with Crippen LogP contribution in [0.5, 0.6) is 0 Å². The van der Waals surface area contributed by atoms with Gasteiger partial charge in [0, 0.05) is 17.6 Å². The Morgan fingerprint density at radius 3 is 2.75 bits per heavy atom. The van der Waals surface area contributed by atoms with E-state index in [0.717, 1.165) is 6.54 Å². The second-order valence-corrected chi connectivity index (χ2v) is 5.41. The van der Waals surface area contributed by atoms with E-state index in [4.69, 9.17) is 0 Å². The SMILES string of the molecule is CCCC1(C(C)C)CNc2c(C)cccc21. The van der Waals surface area contributed by atoms with Gasteiger partial charge in [0.2, 0.25) is 0 Å². The van der Waals surface area contributed by atoms with E-state index in [1.54, 1.807) is 5.56 Å². The summed E-state index contributed by atoms with van der Waals surface area (Å²) in [6.07, 6.45) is 2.54. The van der Waals surface area contributed by atoms with Crippen molar-refractivity contribution in [2.24, 2.45) is 5.92 Å². The van der Waals surface area contributed by atoms with Crippen molar-refractivity contribution in [2.45, 2.75) is 46.0 Å². The van der Waals surface area contributed by atoms with Crippen molar-refractivity contribution >= 4 is 5.69 Å². The summed E-state index contributed by atoms with van der Waals surface area (Å²) in [6, 6.07) is 6.72. The Labute approximate surface area is 99.3 Å². The summed E-state index contributed by atoms with van der Waals surface area (Å²) in [5.74, 6) is 0.697. The lowest BCUT2D eigenvalue weighted by atomic mass is 9.70. The molecule has 0 radical (unpaired) electrons. The lowest BCUT2D eigenvalue weighted by Gasteiger charge is -2.33. The van der Waals surface area contributed by atoms with Gasteiger partial charge >= 0.3 is 0 Å². The molecule has 1 N–H and O–H groups in total. The molecule has 2 rings (SSSR count). The average Bonchev–Trinajstić information content (AvgIpc) is 2.61. The van der Waals surface area contributed by atoms with Crippen LogP contribution < -0.4 is 5.32 Å². The van der Waals surface area contributed by atoms with Gasteiger partial charge in [0.25, 0.3) is 0 Å². The standard InChI is InChI=1S/C15H23N/c1-5-9-15(11(2)3)10-16-14-12(4)7-6-8-13(14)15/h6-8,11,16H,5,9-10H2,1-4H3. The Morgan fingerprint density at radius 1 is 1.38 bits per heavy atom. The molecule has 0 amide bonds. The van der Waals surface area contributed by atoms with Crippen molar-refractivity contribution < 1.29 is 0 Å². The van der Waals surface area contributed by atoms with Gasteiger partial charge in [-0.2, -0.15) is 0 Å². The molecule has 0 aromatic heterocycles. The maximum absolute atomic E-state index is 3.63. The van der Waals surface area contributed by atoms with Gasteiger partial charge in [-0.25, -0.2) is 0 Å². The average molecular weight is 217 g/mol. The summed E-state index contributed by atoms with van der Waals surface area (Å²) < 4.78 is 0. The van der Waals surface area contributed by atoms with Crippen LogP contribution in [0.4, 0.5) is 5.69 Å². The van der Waals surface area contributed by atoms with Crippen LogP contribution in [-0.4, -0.2) is 6.54 Å². The molecule has 88 valence electrons. The number of hydrogen-bond acceptors (Lipinski definition) is 1. The molecule has 0 spiro atoms. The van der Waals surface area contributed by atoms with E-state index >= 15 is 0 Å². The topological polar surface area (TPSA) is 12.0 Å². The normalized spacial score (nSPS) is 23.3. The van der Waals surface area contributed by atoms with Crippen LogP contribution in [-0.2, 0) is 5.41 Å². The maximum Gasteiger partial charge on any atom is 0.0409 e. The van der Waals surface area contributed by atoms with Crippen molar-refractivity contribution in [3.63, 3.8) is 0 Å². The molecule has 0 saturated carbocycles. The number of rotatable bonds is 3. The predicted octanol–water partition coefficient (Wildman–Crippen LogP) is 4.11. The maximum atomic E-state index is 3.63. The van der Waals surface area contributed by atoms with Gasteiger partial charge in [-0.1, -0.05) is 45.4 Å². The van der Waals surface area contributed by atoms with Crippen molar-refractivity contribution in [3.05, 3.63) is 29.3 Å². The first-order valence-corrected chi connectivity index (χ1v) is 6.46. The first-order valence-electron chi connectivity index (χ1n) is 6.46. The number of aryl methyl sites for hydroxylation is 1. The molecule has 0 saturated heterocycles. The minimum atomic E-state index is 0.357. The van der Waals surface area contributed by atoms with E-state index in [1.807, 2.05) is 0 Å². The molecule has 1 aliphatic heterocycles. The fourth-order valence-corrected chi connectivity index (χ4v) is 3.13. The second-order valence-electron chi connectivity index (χ2n) is 5.41. The van der Waals surface area contributed by atoms with Crippen molar-refractivity contribution in [1.82, 2.24) is 0 Å². The van der Waals surface area contributed by atoms with Crippen molar-refractivity contribution in [2.75, 3.05) is 11.9 Å². The number of benzene rings is 1. The summed E-state index contributed by atoms with van der Waals surface area (Å²) in [5.41, 5.74) is 4.68. The zero-order valence-corrected chi connectivity index (χ0v) is 10.9. The first-order chi connectivity index (χ1) is 7.62. The van der Waals surface area contributed by atoms with Gasteiger partial charge in [0.1, 0.15) is 0 Å². The number of nitrogens with one attached hydrogen (secondary N) is 1. The minimum Gasteiger partial charge on any atom is -0.384 e. The van der Waals surface area contributed by atoms with E-state index < -0.39 is 0 Å². The van der Waals surface area contributed by atoms with Gasteiger partial charge in [-0.15, -0.1) is 0 Å². The molecule has 1 aromatic carbocycles. The summed E-state index contributed by atoms with van der Waals surface area (Å²) in [6.45, 7) is 10.3. The van der Waals surface area contributed by atoms with E-state index in [2.05, 4.69) is 51.2 Å². The molecule has 1 unspecified atom stereocenters. The molecule has 1 nitrogen and oxygen atoms in total. The van der Waals surface area contributed by atoms with Gasteiger partial charge < -0.3 is 5.32 Å². The van der Waals surface area contributed by atoms with Crippen LogP contribution in [0.15, 0.2) is 18.2 Å². The second kappa shape index (κ2) is 4.12. The van der Waals surface area contributed by atoms with Crippen LogP contribution in [0.2, 0.25) is 0 Å². The molecule has 1 heterocycles. The third-order valence-corrected chi connectivity index (χ3v) is 4.19.